The number of rotatable bonds is 4. The molecule has 5 heteroatoms. The Balaban J connectivity index is 3.17. The number of hydrogen-bond acceptors (Lipinski definition) is 4. The maximum absolute atomic E-state index is 11.5. The standard InChI is InChI=1S/C12H10ClNO3/c1-17-12(16)11-3-2-8(7-14)4-9(11)5-10(15)6-13/h2-4H,5-6H2,1H3. The summed E-state index contributed by atoms with van der Waals surface area (Å²) in [5.41, 5.74) is 1.13. The van der Waals surface area contributed by atoms with Crippen molar-refractivity contribution in [1.82, 2.24) is 0 Å². The molecule has 17 heavy (non-hydrogen) atoms. The van der Waals surface area contributed by atoms with E-state index in [-0.39, 0.29) is 23.6 Å². The van der Waals surface area contributed by atoms with Crippen LogP contribution in [0.3, 0.4) is 0 Å². The summed E-state index contributed by atoms with van der Waals surface area (Å²) >= 11 is 5.41. The topological polar surface area (TPSA) is 67.2 Å². The number of carbonyl (C=O) groups is 2. The van der Waals surface area contributed by atoms with Gasteiger partial charge in [0.2, 0.25) is 0 Å². The highest BCUT2D eigenvalue weighted by molar-refractivity contribution is 6.27. The molecule has 0 aliphatic carbocycles. The lowest BCUT2D eigenvalue weighted by atomic mass is 10.00. The third-order valence-electron chi connectivity index (χ3n) is 2.18. The zero-order chi connectivity index (χ0) is 12.8. The molecule has 1 rings (SSSR count). The van der Waals surface area contributed by atoms with E-state index >= 15 is 0 Å². The molecule has 0 bridgehead atoms. The molecular formula is C12H10ClNO3. The van der Waals surface area contributed by atoms with Gasteiger partial charge in [-0.2, -0.15) is 5.26 Å². The van der Waals surface area contributed by atoms with Gasteiger partial charge < -0.3 is 4.74 Å². The van der Waals surface area contributed by atoms with Crippen LogP contribution in [0.1, 0.15) is 21.5 Å². The minimum absolute atomic E-state index is 0.0173. The van der Waals surface area contributed by atoms with Crippen molar-refractivity contribution in [3.63, 3.8) is 0 Å². The molecule has 0 fully saturated rings. The Morgan fingerprint density at radius 3 is 2.71 bits per heavy atom. The second-order valence-electron chi connectivity index (χ2n) is 3.32. The van der Waals surface area contributed by atoms with Crippen molar-refractivity contribution in [2.45, 2.75) is 6.42 Å². The number of alkyl halides is 1. The van der Waals surface area contributed by atoms with Crippen LogP contribution in [-0.2, 0) is 16.0 Å². The molecule has 0 amide bonds. The van der Waals surface area contributed by atoms with Crippen molar-refractivity contribution in [3.8, 4) is 6.07 Å². The molecule has 0 saturated carbocycles. The average Bonchev–Trinajstić information content (AvgIpc) is 2.37. The Kier molecular flexibility index (Phi) is 4.68. The normalized spacial score (nSPS) is 9.47. The van der Waals surface area contributed by atoms with Gasteiger partial charge in [-0.1, -0.05) is 0 Å². The first-order chi connectivity index (χ1) is 8.12. The van der Waals surface area contributed by atoms with E-state index < -0.39 is 5.97 Å². The van der Waals surface area contributed by atoms with Crippen molar-refractivity contribution in [3.05, 3.63) is 34.9 Å². The second kappa shape index (κ2) is 6.02. The number of ether oxygens (including phenoxy) is 1. The zero-order valence-electron chi connectivity index (χ0n) is 9.20. The molecule has 0 spiro atoms. The number of methoxy groups -OCH3 is 1. The molecule has 0 aromatic heterocycles. The van der Waals surface area contributed by atoms with E-state index in [4.69, 9.17) is 16.9 Å². The second-order valence-corrected chi connectivity index (χ2v) is 3.59. The van der Waals surface area contributed by atoms with Crippen LogP contribution in [-0.4, -0.2) is 24.7 Å². The molecule has 1 aromatic carbocycles. The number of carbonyl (C=O) groups excluding carboxylic acids is 2. The lowest BCUT2D eigenvalue weighted by Gasteiger charge is -2.06. The fourth-order valence-corrected chi connectivity index (χ4v) is 1.47. The van der Waals surface area contributed by atoms with Gasteiger partial charge in [-0.05, 0) is 23.8 Å². The van der Waals surface area contributed by atoms with Crippen LogP contribution < -0.4 is 0 Å². The Bertz CT molecular complexity index is 491. The zero-order valence-corrected chi connectivity index (χ0v) is 9.95. The van der Waals surface area contributed by atoms with Gasteiger partial charge in [0, 0.05) is 6.42 Å². The first-order valence-electron chi connectivity index (χ1n) is 4.81. The predicted molar refractivity (Wildman–Crippen MR) is 61.9 cm³/mol. The van der Waals surface area contributed by atoms with Crippen molar-refractivity contribution < 1.29 is 14.3 Å². The fraction of sp³-hybridized carbons (Fsp3) is 0.250. The van der Waals surface area contributed by atoms with Crippen LogP contribution in [0.2, 0.25) is 0 Å². The average molecular weight is 252 g/mol. The third kappa shape index (κ3) is 3.30. The maximum atomic E-state index is 11.5. The SMILES string of the molecule is COC(=O)c1ccc(C#N)cc1CC(=O)CCl. The van der Waals surface area contributed by atoms with Crippen molar-refractivity contribution in [1.29, 1.82) is 5.26 Å². The molecule has 0 aliphatic rings. The highest BCUT2D eigenvalue weighted by Gasteiger charge is 2.14. The number of hydrogen-bond donors (Lipinski definition) is 0. The van der Waals surface area contributed by atoms with Crippen LogP contribution in [0.5, 0.6) is 0 Å². The first-order valence-corrected chi connectivity index (χ1v) is 5.34. The molecule has 0 saturated heterocycles. The van der Waals surface area contributed by atoms with Crippen molar-refractivity contribution >= 4 is 23.4 Å². The van der Waals surface area contributed by atoms with E-state index in [1.807, 2.05) is 6.07 Å². The summed E-state index contributed by atoms with van der Waals surface area (Å²) in [6.07, 6.45) is 0.0173. The van der Waals surface area contributed by atoms with E-state index in [1.54, 1.807) is 0 Å². The van der Waals surface area contributed by atoms with Gasteiger partial charge in [-0.25, -0.2) is 4.79 Å². The molecule has 0 atom stereocenters. The quantitative estimate of drug-likeness (QED) is 0.603. The Morgan fingerprint density at radius 1 is 1.47 bits per heavy atom. The summed E-state index contributed by atoms with van der Waals surface area (Å²) in [5.74, 6) is -0.879. The molecule has 1 aromatic rings. The maximum Gasteiger partial charge on any atom is 0.338 e. The number of esters is 1. The van der Waals surface area contributed by atoms with E-state index in [0.29, 0.717) is 11.1 Å². The molecule has 0 radical (unpaired) electrons. The number of nitriles is 1. The molecule has 4 nitrogen and oxygen atoms in total. The fourth-order valence-electron chi connectivity index (χ4n) is 1.38. The summed E-state index contributed by atoms with van der Waals surface area (Å²) in [7, 11) is 1.26. The molecule has 88 valence electrons. The van der Waals surface area contributed by atoms with E-state index in [0.717, 1.165) is 0 Å². The van der Waals surface area contributed by atoms with Crippen LogP contribution >= 0.6 is 11.6 Å². The molecule has 0 aliphatic heterocycles. The largest absolute Gasteiger partial charge is 0.465 e. The molecule has 0 N–H and O–H groups in total. The number of nitrogens with zero attached hydrogens (tertiary/aromatic N) is 1. The van der Waals surface area contributed by atoms with Gasteiger partial charge in [-0.15, -0.1) is 11.6 Å². The van der Waals surface area contributed by atoms with Crippen LogP contribution in [0.25, 0.3) is 0 Å². The molecular weight excluding hydrogens is 242 g/mol. The summed E-state index contributed by atoms with van der Waals surface area (Å²) in [6, 6.07) is 6.42. The van der Waals surface area contributed by atoms with Crippen molar-refractivity contribution in [2.24, 2.45) is 0 Å². The van der Waals surface area contributed by atoms with E-state index in [1.165, 1.54) is 25.3 Å². The monoisotopic (exact) mass is 251 g/mol. The lowest BCUT2D eigenvalue weighted by Crippen LogP contribution is -2.11. The first kappa shape index (κ1) is 13.2. The number of ketones is 1. The smallest absolute Gasteiger partial charge is 0.338 e. The number of halogens is 1. The van der Waals surface area contributed by atoms with Crippen molar-refractivity contribution in [2.75, 3.05) is 13.0 Å². The van der Waals surface area contributed by atoms with Gasteiger partial charge in [0.25, 0.3) is 0 Å². The summed E-state index contributed by atoms with van der Waals surface area (Å²) in [6.45, 7) is 0. The minimum Gasteiger partial charge on any atom is -0.465 e. The van der Waals surface area contributed by atoms with Gasteiger partial charge in [-0.3, -0.25) is 4.79 Å². The number of benzene rings is 1. The summed E-state index contributed by atoms with van der Waals surface area (Å²) in [5, 5.41) is 8.76. The Morgan fingerprint density at radius 2 is 2.18 bits per heavy atom. The Labute approximate surface area is 104 Å². The minimum atomic E-state index is -0.535. The summed E-state index contributed by atoms with van der Waals surface area (Å²) in [4.78, 5) is 22.7. The third-order valence-corrected chi connectivity index (χ3v) is 2.47. The van der Waals surface area contributed by atoms with Gasteiger partial charge >= 0.3 is 5.97 Å². The van der Waals surface area contributed by atoms with E-state index in [9.17, 15) is 9.59 Å². The lowest BCUT2D eigenvalue weighted by molar-refractivity contribution is -0.116. The highest BCUT2D eigenvalue weighted by Crippen LogP contribution is 2.14. The van der Waals surface area contributed by atoms with Crippen LogP contribution in [0.15, 0.2) is 18.2 Å². The van der Waals surface area contributed by atoms with Gasteiger partial charge in [0.05, 0.1) is 30.2 Å². The van der Waals surface area contributed by atoms with Crippen LogP contribution in [0.4, 0.5) is 0 Å². The van der Waals surface area contributed by atoms with Gasteiger partial charge in [0.1, 0.15) is 0 Å². The van der Waals surface area contributed by atoms with E-state index in [2.05, 4.69) is 4.74 Å². The highest BCUT2D eigenvalue weighted by atomic mass is 35.5. The van der Waals surface area contributed by atoms with Gasteiger partial charge in [0.15, 0.2) is 5.78 Å². The van der Waals surface area contributed by atoms with Crippen LogP contribution in [0, 0.1) is 11.3 Å². The summed E-state index contributed by atoms with van der Waals surface area (Å²) < 4.78 is 4.60. The molecule has 0 unspecified atom stereocenters. The Hall–Kier alpha value is -1.86. The molecule has 0 heterocycles. The predicted octanol–water partition coefficient (Wildman–Crippen LogP) is 1.70. The number of Topliss-reactive ketones (excluding diaryl/α,β-unsaturated/α-hetero) is 1.